The monoisotopic (exact) mass is 307 g/mol. The molecule has 21 heavy (non-hydrogen) atoms. The number of hydrogen-bond donors (Lipinski definition) is 1. The molecule has 5 heteroatoms. The molecule has 1 fully saturated rings. The topological polar surface area (TPSA) is 57.6 Å². The number of sulfonamides is 1. The highest BCUT2D eigenvalue weighted by molar-refractivity contribution is 7.89. The van der Waals surface area contributed by atoms with Crippen molar-refractivity contribution in [3.63, 3.8) is 0 Å². The van der Waals surface area contributed by atoms with E-state index in [1.807, 2.05) is 13.0 Å². The predicted molar refractivity (Wildman–Crippen MR) is 82.4 cm³/mol. The Morgan fingerprint density at radius 1 is 1.24 bits per heavy atom. The largest absolute Gasteiger partial charge is 0.395 e. The first-order chi connectivity index (χ1) is 10.1. The van der Waals surface area contributed by atoms with Crippen LogP contribution >= 0.6 is 0 Å². The third kappa shape index (κ3) is 3.85. The minimum atomic E-state index is -3.43. The highest BCUT2D eigenvalue weighted by Crippen LogP contribution is 2.24. The van der Waals surface area contributed by atoms with Crippen LogP contribution in [0.15, 0.2) is 23.1 Å². The molecule has 114 valence electrons. The first-order valence-electron chi connectivity index (χ1n) is 7.26. The van der Waals surface area contributed by atoms with E-state index < -0.39 is 10.0 Å². The molecule has 0 saturated carbocycles. The second-order valence-electron chi connectivity index (χ2n) is 5.22. The van der Waals surface area contributed by atoms with Crippen LogP contribution in [0.1, 0.15) is 36.8 Å². The summed E-state index contributed by atoms with van der Waals surface area (Å²) in [5.41, 5.74) is 1.41. The molecule has 0 aliphatic carbocycles. The Labute approximate surface area is 126 Å². The molecule has 0 aromatic heterocycles. The molecule has 0 spiro atoms. The maximum Gasteiger partial charge on any atom is 0.243 e. The van der Waals surface area contributed by atoms with E-state index in [0.29, 0.717) is 30.0 Å². The third-order valence-electron chi connectivity index (χ3n) is 3.59. The summed E-state index contributed by atoms with van der Waals surface area (Å²) in [6.45, 7) is 3.02. The molecule has 1 aliphatic heterocycles. The molecule has 1 heterocycles. The number of benzene rings is 1. The molecule has 2 rings (SSSR count). The molecular formula is C16H21NO3S. The summed E-state index contributed by atoms with van der Waals surface area (Å²) in [5.74, 6) is 5.72. The summed E-state index contributed by atoms with van der Waals surface area (Å²) in [7, 11) is -3.43. The number of aryl methyl sites for hydroxylation is 1. The van der Waals surface area contributed by atoms with Crippen molar-refractivity contribution in [3.8, 4) is 11.8 Å². The number of aliphatic hydroxyl groups excluding tert-OH is 1. The molecule has 0 bridgehead atoms. The van der Waals surface area contributed by atoms with Crippen LogP contribution in [-0.2, 0) is 10.0 Å². The van der Waals surface area contributed by atoms with Crippen LogP contribution in [0.25, 0.3) is 0 Å². The number of nitrogens with zero attached hydrogens (tertiary/aromatic N) is 1. The van der Waals surface area contributed by atoms with Gasteiger partial charge in [0, 0.05) is 25.1 Å². The van der Waals surface area contributed by atoms with E-state index in [0.717, 1.165) is 24.8 Å². The van der Waals surface area contributed by atoms with Gasteiger partial charge >= 0.3 is 0 Å². The second-order valence-corrected chi connectivity index (χ2v) is 7.13. The SMILES string of the molecule is Cc1ccc(C#CCCO)cc1S(=O)(=O)N1CCCCC1. The number of aliphatic hydroxyl groups is 1. The predicted octanol–water partition coefficient (Wildman–Crippen LogP) is 1.90. The van der Waals surface area contributed by atoms with Crippen molar-refractivity contribution in [2.45, 2.75) is 37.5 Å². The Bertz CT molecular complexity index is 650. The molecule has 1 aromatic carbocycles. The van der Waals surface area contributed by atoms with Gasteiger partial charge in [-0.1, -0.05) is 24.3 Å². The first kappa shape index (κ1) is 16.0. The minimum absolute atomic E-state index is 0.0117. The van der Waals surface area contributed by atoms with Gasteiger partial charge < -0.3 is 5.11 Å². The molecule has 4 nitrogen and oxygen atoms in total. The first-order valence-corrected chi connectivity index (χ1v) is 8.70. The van der Waals surface area contributed by atoms with Gasteiger partial charge in [-0.05, 0) is 37.5 Å². The summed E-state index contributed by atoms with van der Waals surface area (Å²) >= 11 is 0. The van der Waals surface area contributed by atoms with Crippen molar-refractivity contribution >= 4 is 10.0 Å². The lowest BCUT2D eigenvalue weighted by atomic mass is 10.1. The Morgan fingerprint density at radius 2 is 1.95 bits per heavy atom. The van der Waals surface area contributed by atoms with Crippen LogP contribution in [0.5, 0.6) is 0 Å². The van der Waals surface area contributed by atoms with E-state index in [1.165, 1.54) is 0 Å². The van der Waals surface area contributed by atoms with Gasteiger partial charge in [-0.3, -0.25) is 0 Å². The molecule has 0 amide bonds. The lowest BCUT2D eigenvalue weighted by Gasteiger charge is -2.26. The fourth-order valence-electron chi connectivity index (χ4n) is 2.42. The maximum atomic E-state index is 12.7. The fourth-order valence-corrected chi connectivity index (χ4v) is 4.19. The van der Waals surface area contributed by atoms with Crippen LogP contribution in [0, 0.1) is 18.8 Å². The summed E-state index contributed by atoms with van der Waals surface area (Å²) in [6.07, 6.45) is 3.34. The lowest BCUT2D eigenvalue weighted by Crippen LogP contribution is -2.36. The summed E-state index contributed by atoms with van der Waals surface area (Å²) in [6, 6.07) is 5.25. The van der Waals surface area contributed by atoms with Gasteiger partial charge in [-0.2, -0.15) is 4.31 Å². The third-order valence-corrected chi connectivity index (χ3v) is 5.63. The normalized spacial score (nSPS) is 16.3. The van der Waals surface area contributed by atoms with Gasteiger partial charge in [0.15, 0.2) is 0 Å². The zero-order valence-corrected chi connectivity index (χ0v) is 13.1. The maximum absolute atomic E-state index is 12.7. The van der Waals surface area contributed by atoms with Crippen LogP contribution in [0.2, 0.25) is 0 Å². The van der Waals surface area contributed by atoms with Gasteiger partial charge in [0.2, 0.25) is 10.0 Å². The van der Waals surface area contributed by atoms with E-state index in [2.05, 4.69) is 11.8 Å². The molecular weight excluding hydrogens is 286 g/mol. The van der Waals surface area contributed by atoms with Gasteiger partial charge in [-0.25, -0.2) is 8.42 Å². The van der Waals surface area contributed by atoms with E-state index in [1.54, 1.807) is 16.4 Å². The minimum Gasteiger partial charge on any atom is -0.395 e. The van der Waals surface area contributed by atoms with Crippen molar-refractivity contribution in [1.82, 2.24) is 4.31 Å². The quantitative estimate of drug-likeness (QED) is 0.868. The molecule has 1 saturated heterocycles. The summed E-state index contributed by atoms with van der Waals surface area (Å²) < 4.78 is 27.0. The molecule has 1 aromatic rings. The average molecular weight is 307 g/mol. The van der Waals surface area contributed by atoms with Crippen LogP contribution < -0.4 is 0 Å². The van der Waals surface area contributed by atoms with Gasteiger partial charge in [0.05, 0.1) is 11.5 Å². The zero-order chi connectivity index (χ0) is 15.3. The Morgan fingerprint density at radius 3 is 2.62 bits per heavy atom. The Balaban J connectivity index is 2.33. The highest BCUT2D eigenvalue weighted by atomic mass is 32.2. The van der Waals surface area contributed by atoms with Crippen molar-refractivity contribution < 1.29 is 13.5 Å². The molecule has 0 atom stereocenters. The smallest absolute Gasteiger partial charge is 0.243 e. The molecule has 1 aliphatic rings. The van der Waals surface area contributed by atoms with E-state index in [9.17, 15) is 8.42 Å². The number of hydrogen-bond acceptors (Lipinski definition) is 3. The summed E-state index contributed by atoms with van der Waals surface area (Å²) in [5, 5.41) is 8.74. The molecule has 0 unspecified atom stereocenters. The standard InChI is InChI=1S/C16H21NO3S/c1-14-8-9-15(7-3-6-12-18)13-16(14)21(19,20)17-10-4-2-5-11-17/h8-9,13,18H,2,4-6,10-12H2,1H3. The average Bonchev–Trinajstić information content (AvgIpc) is 2.50. The van der Waals surface area contributed by atoms with Crippen molar-refractivity contribution in [1.29, 1.82) is 0 Å². The molecule has 1 N–H and O–H groups in total. The number of rotatable bonds is 3. The second kappa shape index (κ2) is 7.08. The summed E-state index contributed by atoms with van der Waals surface area (Å²) in [4.78, 5) is 0.347. The Kier molecular flexibility index (Phi) is 5.40. The van der Waals surface area contributed by atoms with Gasteiger partial charge in [-0.15, -0.1) is 0 Å². The van der Waals surface area contributed by atoms with E-state index in [4.69, 9.17) is 5.11 Å². The molecule has 0 radical (unpaired) electrons. The zero-order valence-electron chi connectivity index (χ0n) is 12.3. The lowest BCUT2D eigenvalue weighted by molar-refractivity contribution is 0.305. The Hall–Kier alpha value is -1.35. The van der Waals surface area contributed by atoms with Crippen molar-refractivity contribution in [2.24, 2.45) is 0 Å². The van der Waals surface area contributed by atoms with Crippen LogP contribution in [-0.4, -0.2) is 37.5 Å². The van der Waals surface area contributed by atoms with Crippen LogP contribution in [0.3, 0.4) is 0 Å². The number of piperidine rings is 1. The van der Waals surface area contributed by atoms with Crippen molar-refractivity contribution in [3.05, 3.63) is 29.3 Å². The van der Waals surface area contributed by atoms with Crippen LogP contribution in [0.4, 0.5) is 0 Å². The van der Waals surface area contributed by atoms with Gasteiger partial charge in [0.25, 0.3) is 0 Å². The van der Waals surface area contributed by atoms with Gasteiger partial charge in [0.1, 0.15) is 0 Å². The van der Waals surface area contributed by atoms with Crippen molar-refractivity contribution in [2.75, 3.05) is 19.7 Å². The van der Waals surface area contributed by atoms with E-state index >= 15 is 0 Å². The fraction of sp³-hybridized carbons (Fsp3) is 0.500. The van der Waals surface area contributed by atoms with E-state index in [-0.39, 0.29) is 6.61 Å². The highest BCUT2D eigenvalue weighted by Gasteiger charge is 2.27.